The number of hydrogen-bond donors (Lipinski definition) is 2. The van der Waals surface area contributed by atoms with E-state index in [-0.39, 0.29) is 17.7 Å². The molecule has 0 unspecified atom stereocenters. The fraction of sp³-hybridized carbons (Fsp3) is 0.533. The summed E-state index contributed by atoms with van der Waals surface area (Å²) in [5.74, 6) is -0.851. The van der Waals surface area contributed by atoms with Crippen LogP contribution in [-0.2, 0) is 16.0 Å². The van der Waals surface area contributed by atoms with E-state index in [0.29, 0.717) is 11.4 Å². The number of aliphatic carboxylic acids is 1. The molecule has 1 saturated carbocycles. The summed E-state index contributed by atoms with van der Waals surface area (Å²) in [7, 11) is 0. The lowest BCUT2D eigenvalue weighted by Gasteiger charge is -2.25. The highest BCUT2D eigenvalue weighted by molar-refractivity contribution is 5.95. The molecule has 5 nitrogen and oxygen atoms in total. The number of carbonyl (C=O) groups excluding carboxylic acids is 1. The van der Waals surface area contributed by atoms with E-state index in [4.69, 9.17) is 5.11 Å². The van der Waals surface area contributed by atoms with E-state index in [0.717, 1.165) is 32.1 Å². The quantitative estimate of drug-likeness (QED) is 0.866. The first-order valence-corrected chi connectivity index (χ1v) is 7.04. The predicted octanol–water partition coefficient (Wildman–Crippen LogP) is 2.62. The van der Waals surface area contributed by atoms with Crippen molar-refractivity contribution in [2.75, 3.05) is 5.32 Å². The van der Waals surface area contributed by atoms with Crippen LogP contribution in [0.3, 0.4) is 0 Å². The molecule has 0 bridgehead atoms. The standard InChI is InChI=1S/C15H20N2O3/c1-2-15(7-3-4-8-15)14(20)17-12-6-5-11(16-10-12)9-13(18)19/h5-6,10H,2-4,7-9H2,1H3,(H,17,20)(H,18,19). The number of nitrogens with zero attached hydrogens (tertiary/aromatic N) is 1. The number of pyridine rings is 1. The number of carbonyl (C=O) groups is 2. The van der Waals surface area contributed by atoms with E-state index < -0.39 is 5.97 Å². The Kier molecular flexibility index (Phi) is 4.37. The topological polar surface area (TPSA) is 79.3 Å². The van der Waals surface area contributed by atoms with Crippen LogP contribution in [0.2, 0.25) is 0 Å². The summed E-state index contributed by atoms with van der Waals surface area (Å²) < 4.78 is 0. The van der Waals surface area contributed by atoms with Crippen LogP contribution in [0.5, 0.6) is 0 Å². The van der Waals surface area contributed by atoms with E-state index in [1.54, 1.807) is 12.1 Å². The Morgan fingerprint density at radius 3 is 2.55 bits per heavy atom. The van der Waals surface area contributed by atoms with Crippen molar-refractivity contribution in [2.45, 2.75) is 45.4 Å². The molecular weight excluding hydrogens is 256 g/mol. The number of aromatic nitrogens is 1. The smallest absolute Gasteiger partial charge is 0.309 e. The zero-order chi connectivity index (χ0) is 14.6. The van der Waals surface area contributed by atoms with Gasteiger partial charge in [0, 0.05) is 5.41 Å². The lowest BCUT2D eigenvalue weighted by atomic mass is 9.82. The second-order valence-electron chi connectivity index (χ2n) is 5.40. The molecule has 2 N–H and O–H groups in total. The lowest BCUT2D eigenvalue weighted by Crippen LogP contribution is -2.33. The molecule has 0 aromatic carbocycles. The maximum absolute atomic E-state index is 12.4. The van der Waals surface area contributed by atoms with E-state index in [1.807, 2.05) is 0 Å². The van der Waals surface area contributed by atoms with E-state index in [1.165, 1.54) is 6.20 Å². The molecule has 108 valence electrons. The maximum atomic E-state index is 12.4. The molecule has 1 aliphatic rings. The SMILES string of the molecule is CCC1(C(=O)Nc2ccc(CC(=O)O)nc2)CCCC1. The van der Waals surface area contributed by atoms with Crippen LogP contribution in [0.1, 0.15) is 44.7 Å². The average Bonchev–Trinajstić information content (AvgIpc) is 2.90. The highest BCUT2D eigenvalue weighted by atomic mass is 16.4. The zero-order valence-electron chi connectivity index (χ0n) is 11.7. The molecular formula is C15H20N2O3. The van der Waals surface area contributed by atoms with Crippen molar-refractivity contribution >= 4 is 17.6 Å². The maximum Gasteiger partial charge on any atom is 0.309 e. The van der Waals surface area contributed by atoms with Crippen molar-refractivity contribution in [3.05, 3.63) is 24.0 Å². The minimum absolute atomic E-state index is 0.0604. The molecule has 0 radical (unpaired) electrons. The van der Waals surface area contributed by atoms with Gasteiger partial charge in [0.15, 0.2) is 0 Å². The third kappa shape index (κ3) is 3.15. The number of amides is 1. The van der Waals surface area contributed by atoms with Crippen LogP contribution >= 0.6 is 0 Å². The Hall–Kier alpha value is -1.91. The zero-order valence-corrected chi connectivity index (χ0v) is 11.7. The van der Waals surface area contributed by atoms with Gasteiger partial charge in [0.25, 0.3) is 0 Å². The van der Waals surface area contributed by atoms with Crippen LogP contribution in [0, 0.1) is 5.41 Å². The molecule has 1 aromatic rings. The first-order valence-electron chi connectivity index (χ1n) is 7.04. The molecule has 5 heteroatoms. The van der Waals surface area contributed by atoms with Crippen molar-refractivity contribution in [2.24, 2.45) is 5.41 Å². The molecule has 0 spiro atoms. The lowest BCUT2D eigenvalue weighted by molar-refractivity contribution is -0.136. The van der Waals surface area contributed by atoms with Crippen LogP contribution in [-0.4, -0.2) is 22.0 Å². The van der Waals surface area contributed by atoms with Crippen molar-refractivity contribution in [3.63, 3.8) is 0 Å². The summed E-state index contributed by atoms with van der Waals surface area (Å²) in [6.45, 7) is 2.05. The van der Waals surface area contributed by atoms with Crippen molar-refractivity contribution in [1.29, 1.82) is 0 Å². The molecule has 1 heterocycles. The Bertz CT molecular complexity index is 490. The van der Waals surface area contributed by atoms with Gasteiger partial charge in [0.05, 0.1) is 24.0 Å². The highest BCUT2D eigenvalue weighted by Crippen LogP contribution is 2.41. The number of rotatable bonds is 5. The summed E-state index contributed by atoms with van der Waals surface area (Å²) in [5.41, 5.74) is 0.880. The van der Waals surface area contributed by atoms with Gasteiger partial charge in [-0.3, -0.25) is 14.6 Å². The largest absolute Gasteiger partial charge is 0.481 e. The number of anilines is 1. The highest BCUT2D eigenvalue weighted by Gasteiger charge is 2.39. The summed E-state index contributed by atoms with van der Waals surface area (Å²) in [5, 5.41) is 11.6. The first-order chi connectivity index (χ1) is 9.55. The summed E-state index contributed by atoms with van der Waals surface area (Å²) in [4.78, 5) is 27.0. The molecule has 0 saturated heterocycles. The molecule has 1 amide bonds. The van der Waals surface area contributed by atoms with Gasteiger partial charge in [-0.15, -0.1) is 0 Å². The monoisotopic (exact) mass is 276 g/mol. The van der Waals surface area contributed by atoms with Gasteiger partial charge in [-0.05, 0) is 31.4 Å². The van der Waals surface area contributed by atoms with Crippen LogP contribution in [0.4, 0.5) is 5.69 Å². The van der Waals surface area contributed by atoms with Gasteiger partial charge in [-0.1, -0.05) is 19.8 Å². The minimum Gasteiger partial charge on any atom is -0.481 e. The van der Waals surface area contributed by atoms with Gasteiger partial charge in [0.1, 0.15) is 0 Å². The van der Waals surface area contributed by atoms with E-state index >= 15 is 0 Å². The first kappa shape index (κ1) is 14.5. The van der Waals surface area contributed by atoms with Crippen LogP contribution < -0.4 is 5.32 Å². The minimum atomic E-state index is -0.912. The Morgan fingerprint density at radius 2 is 2.05 bits per heavy atom. The summed E-state index contributed by atoms with van der Waals surface area (Å²) in [6.07, 6.45) is 6.37. The van der Waals surface area contributed by atoms with Gasteiger partial charge >= 0.3 is 5.97 Å². The van der Waals surface area contributed by atoms with E-state index in [2.05, 4.69) is 17.2 Å². The van der Waals surface area contributed by atoms with Gasteiger partial charge < -0.3 is 10.4 Å². The number of carboxylic acids is 1. The second kappa shape index (κ2) is 6.03. The van der Waals surface area contributed by atoms with Crippen LogP contribution in [0.15, 0.2) is 18.3 Å². The fourth-order valence-electron chi connectivity index (χ4n) is 2.81. The average molecular weight is 276 g/mol. The third-order valence-corrected chi connectivity index (χ3v) is 4.13. The van der Waals surface area contributed by atoms with E-state index in [9.17, 15) is 9.59 Å². The molecule has 0 atom stereocenters. The van der Waals surface area contributed by atoms with Crippen molar-refractivity contribution in [1.82, 2.24) is 4.98 Å². The van der Waals surface area contributed by atoms with Gasteiger partial charge in [-0.25, -0.2) is 0 Å². The third-order valence-electron chi connectivity index (χ3n) is 4.13. The predicted molar refractivity (Wildman–Crippen MR) is 75.4 cm³/mol. The molecule has 0 aliphatic heterocycles. The van der Waals surface area contributed by atoms with Crippen molar-refractivity contribution in [3.8, 4) is 0 Å². The fourth-order valence-corrected chi connectivity index (χ4v) is 2.81. The Balaban J connectivity index is 2.02. The Morgan fingerprint density at radius 1 is 1.35 bits per heavy atom. The Labute approximate surface area is 118 Å². The second-order valence-corrected chi connectivity index (χ2v) is 5.40. The molecule has 1 aliphatic carbocycles. The van der Waals surface area contributed by atoms with Crippen LogP contribution in [0.25, 0.3) is 0 Å². The number of nitrogens with one attached hydrogen (secondary N) is 1. The number of hydrogen-bond acceptors (Lipinski definition) is 3. The van der Waals surface area contributed by atoms with Gasteiger partial charge in [-0.2, -0.15) is 0 Å². The molecule has 2 rings (SSSR count). The normalized spacial score (nSPS) is 16.9. The molecule has 20 heavy (non-hydrogen) atoms. The van der Waals surface area contributed by atoms with Crippen molar-refractivity contribution < 1.29 is 14.7 Å². The molecule has 1 aromatic heterocycles. The van der Waals surface area contributed by atoms with Gasteiger partial charge in [0.2, 0.25) is 5.91 Å². The summed E-state index contributed by atoms with van der Waals surface area (Å²) >= 11 is 0. The molecule has 1 fully saturated rings. The number of carboxylic acid groups (broad SMARTS) is 1. The summed E-state index contributed by atoms with van der Waals surface area (Å²) in [6, 6.07) is 3.35.